The molecule has 2 heterocycles. The highest BCUT2D eigenvalue weighted by Crippen LogP contribution is 2.62. The first kappa shape index (κ1) is 37.9. The second-order valence-electron chi connectivity index (χ2n) is 18.8. The van der Waals surface area contributed by atoms with E-state index in [-0.39, 0.29) is 5.41 Å². The van der Waals surface area contributed by atoms with E-state index in [1.807, 2.05) is 0 Å². The Balaban J connectivity index is 0.971. The van der Waals surface area contributed by atoms with Crippen LogP contribution < -0.4 is 9.64 Å². The van der Waals surface area contributed by atoms with Crippen molar-refractivity contribution in [2.75, 3.05) is 4.90 Å². The van der Waals surface area contributed by atoms with Crippen LogP contribution in [0.1, 0.15) is 47.2 Å². The molecule has 3 heteroatoms. The molecule has 1 spiro atoms. The number of benzene rings is 10. The molecular formula is C64H44N2O. The van der Waals surface area contributed by atoms with E-state index in [2.05, 4.69) is 254 Å². The van der Waals surface area contributed by atoms with Crippen molar-refractivity contribution in [1.29, 1.82) is 0 Å². The molecule has 14 rings (SSSR count). The van der Waals surface area contributed by atoms with Gasteiger partial charge in [0.15, 0.2) is 0 Å². The second-order valence-corrected chi connectivity index (χ2v) is 18.8. The number of hydrogen-bond acceptors (Lipinski definition) is 2. The van der Waals surface area contributed by atoms with E-state index in [4.69, 9.17) is 4.74 Å². The van der Waals surface area contributed by atoms with Crippen LogP contribution in [0.2, 0.25) is 0 Å². The van der Waals surface area contributed by atoms with Gasteiger partial charge in [-0.3, -0.25) is 0 Å². The molecule has 3 nitrogen and oxygen atoms in total. The summed E-state index contributed by atoms with van der Waals surface area (Å²) in [6.45, 7) is 4.73. The maximum atomic E-state index is 6.83. The average Bonchev–Trinajstić information content (AvgIpc) is 3.95. The summed E-state index contributed by atoms with van der Waals surface area (Å²) < 4.78 is 9.21. The lowest BCUT2D eigenvalue weighted by atomic mass is 9.66. The lowest BCUT2D eigenvalue weighted by Crippen LogP contribution is -2.32. The van der Waals surface area contributed by atoms with Crippen LogP contribution in [0, 0.1) is 0 Å². The highest BCUT2D eigenvalue weighted by atomic mass is 16.5. The molecule has 10 aromatic carbocycles. The highest BCUT2D eigenvalue weighted by Gasteiger charge is 2.51. The van der Waals surface area contributed by atoms with Gasteiger partial charge in [0, 0.05) is 50.1 Å². The normalized spacial score (nSPS) is 14.2. The minimum atomic E-state index is -0.542. The molecule has 0 radical (unpaired) electrons. The Hall–Kier alpha value is -8.40. The summed E-state index contributed by atoms with van der Waals surface area (Å²) >= 11 is 0. The highest BCUT2D eigenvalue weighted by molar-refractivity contribution is 6.11. The maximum Gasteiger partial charge on any atom is 0.132 e. The zero-order valence-corrected chi connectivity index (χ0v) is 37.2. The van der Waals surface area contributed by atoms with Crippen LogP contribution in [0.25, 0.3) is 60.9 Å². The number of ether oxygens (including phenoxy) is 1. The average molecular weight is 857 g/mol. The first-order chi connectivity index (χ1) is 33.0. The molecule has 0 amide bonds. The molecule has 316 valence electrons. The van der Waals surface area contributed by atoms with Gasteiger partial charge in [-0.05, 0) is 134 Å². The quantitative estimate of drug-likeness (QED) is 0.172. The Morgan fingerprint density at radius 2 is 0.925 bits per heavy atom. The summed E-state index contributed by atoms with van der Waals surface area (Å²) in [7, 11) is 0. The van der Waals surface area contributed by atoms with Gasteiger partial charge in [0.1, 0.15) is 11.5 Å². The summed E-state index contributed by atoms with van der Waals surface area (Å²) in [5.41, 5.74) is 21.2. The third-order valence-electron chi connectivity index (χ3n) is 15.0. The number of fused-ring (bicyclic) bond motifs is 15. The molecule has 11 aromatic rings. The van der Waals surface area contributed by atoms with Crippen molar-refractivity contribution in [3.05, 3.63) is 264 Å². The van der Waals surface area contributed by atoms with Gasteiger partial charge in [0.05, 0.1) is 16.4 Å². The number of nitrogens with zero attached hydrogens (tertiary/aromatic N) is 2. The largest absolute Gasteiger partial charge is 0.457 e. The fourth-order valence-electron chi connectivity index (χ4n) is 12.1. The van der Waals surface area contributed by atoms with Crippen LogP contribution in [-0.4, -0.2) is 4.57 Å². The van der Waals surface area contributed by atoms with Crippen LogP contribution in [0.4, 0.5) is 17.1 Å². The van der Waals surface area contributed by atoms with Crippen molar-refractivity contribution >= 4 is 38.9 Å². The van der Waals surface area contributed by atoms with Gasteiger partial charge in [0.2, 0.25) is 0 Å². The summed E-state index contributed by atoms with van der Waals surface area (Å²) in [5, 5.41) is 2.44. The van der Waals surface area contributed by atoms with Gasteiger partial charge in [0.25, 0.3) is 0 Å². The zero-order valence-electron chi connectivity index (χ0n) is 37.2. The van der Waals surface area contributed by atoms with Gasteiger partial charge < -0.3 is 14.2 Å². The fourth-order valence-corrected chi connectivity index (χ4v) is 12.1. The predicted molar refractivity (Wildman–Crippen MR) is 276 cm³/mol. The molecule has 0 N–H and O–H groups in total. The van der Waals surface area contributed by atoms with Crippen LogP contribution in [0.15, 0.2) is 231 Å². The van der Waals surface area contributed by atoms with Crippen LogP contribution in [-0.2, 0) is 10.8 Å². The van der Waals surface area contributed by atoms with E-state index in [0.29, 0.717) is 0 Å². The molecule has 0 atom stereocenters. The minimum absolute atomic E-state index is 0.153. The van der Waals surface area contributed by atoms with E-state index in [1.54, 1.807) is 0 Å². The van der Waals surface area contributed by atoms with Gasteiger partial charge in [-0.25, -0.2) is 0 Å². The van der Waals surface area contributed by atoms with Crippen molar-refractivity contribution < 1.29 is 4.74 Å². The Labute approximate surface area is 390 Å². The van der Waals surface area contributed by atoms with Crippen molar-refractivity contribution in [1.82, 2.24) is 4.57 Å². The molecule has 0 saturated carbocycles. The second kappa shape index (κ2) is 14.1. The summed E-state index contributed by atoms with van der Waals surface area (Å²) in [6, 6.07) is 84.9. The van der Waals surface area contributed by atoms with Gasteiger partial charge >= 0.3 is 0 Å². The fraction of sp³-hybridized carbons (Fsp3) is 0.0625. The van der Waals surface area contributed by atoms with Gasteiger partial charge in [-0.2, -0.15) is 0 Å². The molecule has 0 bridgehead atoms. The van der Waals surface area contributed by atoms with Crippen LogP contribution >= 0.6 is 0 Å². The van der Waals surface area contributed by atoms with Gasteiger partial charge in [-0.1, -0.05) is 166 Å². The number of anilines is 3. The van der Waals surface area contributed by atoms with E-state index < -0.39 is 5.41 Å². The first-order valence-corrected chi connectivity index (χ1v) is 23.3. The van der Waals surface area contributed by atoms with Crippen molar-refractivity contribution in [3.63, 3.8) is 0 Å². The van der Waals surface area contributed by atoms with Gasteiger partial charge in [-0.15, -0.1) is 0 Å². The molecule has 1 aliphatic heterocycles. The first-order valence-electron chi connectivity index (χ1n) is 23.3. The SMILES string of the molecule is CC1(C)c2ccccc2-c2ccc(N(c3cccc(-c4ccc5c(c4)C4(c6ccccc6O5)c5ccccc5-c5ccccc54)c3)c3ccc4c(c3)c3ccccc3n4-c3ccccc3)cc21. The molecule has 0 fully saturated rings. The van der Waals surface area contributed by atoms with Crippen LogP contribution in [0.5, 0.6) is 11.5 Å². The third-order valence-corrected chi connectivity index (χ3v) is 15.0. The van der Waals surface area contributed by atoms with Crippen molar-refractivity contribution in [2.45, 2.75) is 24.7 Å². The Bertz CT molecular complexity index is 3790. The molecule has 2 aliphatic carbocycles. The topological polar surface area (TPSA) is 17.4 Å². The number of rotatable bonds is 5. The third kappa shape index (κ3) is 5.28. The molecule has 0 unspecified atom stereocenters. The van der Waals surface area contributed by atoms with E-state index in [9.17, 15) is 0 Å². The number of hydrogen-bond donors (Lipinski definition) is 0. The van der Waals surface area contributed by atoms with Crippen molar-refractivity contribution in [2.24, 2.45) is 0 Å². The van der Waals surface area contributed by atoms with E-state index >= 15 is 0 Å². The molecule has 0 saturated heterocycles. The van der Waals surface area contributed by atoms with E-state index in [1.165, 1.54) is 71.9 Å². The smallest absolute Gasteiger partial charge is 0.132 e. The molecule has 1 aromatic heterocycles. The summed E-state index contributed by atoms with van der Waals surface area (Å²) in [6.07, 6.45) is 0. The Morgan fingerprint density at radius 1 is 0.358 bits per heavy atom. The summed E-state index contributed by atoms with van der Waals surface area (Å²) in [5.74, 6) is 1.79. The van der Waals surface area contributed by atoms with Crippen LogP contribution in [0.3, 0.4) is 0 Å². The molecule has 67 heavy (non-hydrogen) atoms. The number of para-hydroxylation sites is 3. The standard InChI is InChI=1S/C64H44N2O/c1-63(2)53-25-10-6-21-47(53)50-34-32-46(40-57(50)63)65(45-33-35-60-52(39-45)51-24-9-14-29-59(51)66(60)43-18-4-3-5-19-43)44-20-16-17-41(37-44)42-31-36-62-58(38-42)64(56-28-13-15-30-61(56)67-62)54-26-11-7-22-48(54)49-23-8-12-27-55(49)64/h3-40H,1-2H3. The maximum absolute atomic E-state index is 6.83. The summed E-state index contributed by atoms with van der Waals surface area (Å²) in [4.78, 5) is 2.46. The molecular weight excluding hydrogens is 813 g/mol. The lowest BCUT2D eigenvalue weighted by Gasteiger charge is -2.39. The monoisotopic (exact) mass is 856 g/mol. The predicted octanol–water partition coefficient (Wildman–Crippen LogP) is 16.7. The minimum Gasteiger partial charge on any atom is -0.457 e. The molecule has 3 aliphatic rings. The van der Waals surface area contributed by atoms with E-state index in [0.717, 1.165) is 50.9 Å². The number of aromatic nitrogens is 1. The lowest BCUT2D eigenvalue weighted by molar-refractivity contribution is 0.436. The van der Waals surface area contributed by atoms with Crippen molar-refractivity contribution in [3.8, 4) is 50.6 Å². The zero-order chi connectivity index (χ0) is 44.4. The Kier molecular flexibility index (Phi) is 7.95. The Morgan fingerprint density at radius 3 is 1.72 bits per heavy atom.